The average molecular weight is 380 g/mol. The number of hydroxylamine groups is 2. The van der Waals surface area contributed by atoms with Gasteiger partial charge in [0.05, 0.1) is 11.3 Å². The third kappa shape index (κ3) is 4.68. The molecular weight excluding hydrogens is 350 g/mol. The summed E-state index contributed by atoms with van der Waals surface area (Å²) in [6, 6.07) is 19.3. The van der Waals surface area contributed by atoms with Crippen LogP contribution >= 0.6 is 0 Å². The second kappa shape index (κ2) is 8.70. The van der Waals surface area contributed by atoms with Crippen LogP contribution in [0, 0.1) is 5.41 Å². The number of carbonyl (C=O) groups is 2. The van der Waals surface area contributed by atoms with E-state index in [-0.39, 0.29) is 17.7 Å². The molecule has 0 spiro atoms. The van der Waals surface area contributed by atoms with E-state index in [2.05, 4.69) is 0 Å². The summed E-state index contributed by atoms with van der Waals surface area (Å²) in [5.41, 5.74) is 1.32. The summed E-state index contributed by atoms with van der Waals surface area (Å²) in [4.78, 5) is 31.8. The zero-order chi connectivity index (χ0) is 20.1. The summed E-state index contributed by atoms with van der Waals surface area (Å²) in [5.74, 6) is -0.594. The molecule has 1 heterocycles. The van der Waals surface area contributed by atoms with Crippen LogP contribution in [0.5, 0.6) is 0 Å². The van der Waals surface area contributed by atoms with E-state index in [9.17, 15) is 9.59 Å². The van der Waals surface area contributed by atoms with Crippen molar-refractivity contribution in [3.05, 3.63) is 71.8 Å². The van der Waals surface area contributed by atoms with Gasteiger partial charge in [-0.2, -0.15) is 0 Å². The molecule has 0 saturated carbocycles. The first kappa shape index (κ1) is 20.3. The molecule has 1 aliphatic heterocycles. The van der Waals surface area contributed by atoms with Crippen molar-refractivity contribution >= 4 is 11.8 Å². The first-order chi connectivity index (χ1) is 13.4. The first-order valence-electron chi connectivity index (χ1n) is 10.0. The molecule has 148 valence electrons. The van der Waals surface area contributed by atoms with E-state index >= 15 is 0 Å². The van der Waals surface area contributed by atoms with E-state index in [1.807, 2.05) is 81.4 Å². The maximum atomic E-state index is 13.7. The molecule has 28 heavy (non-hydrogen) atoms. The molecule has 2 aromatic rings. The van der Waals surface area contributed by atoms with Crippen molar-refractivity contribution in [2.75, 3.05) is 6.54 Å². The quantitative estimate of drug-likeness (QED) is 0.752. The third-order valence-corrected chi connectivity index (χ3v) is 5.14. The smallest absolute Gasteiger partial charge is 0.330 e. The average Bonchev–Trinajstić information content (AvgIpc) is 2.69. The minimum atomic E-state index is -0.608. The number of rotatable bonds is 5. The minimum Gasteiger partial charge on any atom is -0.367 e. The molecule has 1 aliphatic rings. The van der Waals surface area contributed by atoms with E-state index in [1.165, 1.54) is 0 Å². The van der Waals surface area contributed by atoms with Gasteiger partial charge in [-0.25, -0.2) is 4.79 Å². The molecule has 1 unspecified atom stereocenters. The second-order valence-corrected chi connectivity index (χ2v) is 8.44. The number of benzene rings is 2. The molecule has 2 aromatic carbocycles. The number of Topliss-reactive ketones (excluding diaryl/α,β-unsaturated/α-hetero) is 1. The molecule has 1 saturated heterocycles. The second-order valence-electron chi connectivity index (χ2n) is 8.44. The topological polar surface area (TPSA) is 46.6 Å². The Morgan fingerprint density at radius 1 is 0.929 bits per heavy atom. The van der Waals surface area contributed by atoms with Crippen molar-refractivity contribution in [3.63, 3.8) is 0 Å². The van der Waals surface area contributed by atoms with Crippen molar-refractivity contribution in [1.29, 1.82) is 0 Å². The Balaban J connectivity index is 1.91. The van der Waals surface area contributed by atoms with Gasteiger partial charge in [0.15, 0.2) is 5.78 Å². The van der Waals surface area contributed by atoms with E-state index < -0.39 is 11.5 Å². The Kier molecular flexibility index (Phi) is 6.30. The summed E-state index contributed by atoms with van der Waals surface area (Å²) in [6.45, 7) is 6.07. The standard InChI is InChI=1S/C24H29NO3/c1-24(2,3)23(27)28-25-17-11-10-16-20(25)22(26)21(18-12-6-4-7-13-18)19-14-8-5-9-15-19/h4-9,12-15,20-21H,10-11,16-17H2,1-3H3. The monoisotopic (exact) mass is 379 g/mol. The summed E-state index contributed by atoms with van der Waals surface area (Å²) < 4.78 is 0. The summed E-state index contributed by atoms with van der Waals surface area (Å²) in [7, 11) is 0. The highest BCUT2D eigenvalue weighted by molar-refractivity contribution is 5.93. The molecule has 1 fully saturated rings. The Hall–Kier alpha value is -2.46. The van der Waals surface area contributed by atoms with Crippen molar-refractivity contribution in [2.24, 2.45) is 5.41 Å². The highest BCUT2D eigenvalue weighted by Gasteiger charge is 2.38. The van der Waals surface area contributed by atoms with Gasteiger partial charge in [0.25, 0.3) is 0 Å². The zero-order valence-electron chi connectivity index (χ0n) is 16.9. The van der Waals surface area contributed by atoms with Gasteiger partial charge in [-0.1, -0.05) is 60.7 Å². The van der Waals surface area contributed by atoms with Crippen molar-refractivity contribution in [2.45, 2.75) is 52.0 Å². The number of hydrogen-bond donors (Lipinski definition) is 0. The van der Waals surface area contributed by atoms with Crippen LogP contribution in [-0.2, 0) is 14.4 Å². The lowest BCUT2D eigenvalue weighted by molar-refractivity contribution is -0.216. The summed E-state index contributed by atoms with van der Waals surface area (Å²) >= 11 is 0. The predicted octanol–water partition coefficient (Wildman–Crippen LogP) is 4.75. The number of carbonyl (C=O) groups excluding carboxylic acids is 2. The highest BCUT2D eigenvalue weighted by Crippen LogP contribution is 2.31. The van der Waals surface area contributed by atoms with Gasteiger partial charge in [0, 0.05) is 6.54 Å². The first-order valence-corrected chi connectivity index (χ1v) is 10.0. The van der Waals surface area contributed by atoms with Crippen LogP contribution in [0.1, 0.15) is 57.1 Å². The Bertz CT molecular complexity index is 756. The molecule has 4 heteroatoms. The molecule has 4 nitrogen and oxygen atoms in total. The molecule has 0 N–H and O–H groups in total. The number of hydrogen-bond acceptors (Lipinski definition) is 4. The maximum absolute atomic E-state index is 13.7. The fourth-order valence-corrected chi connectivity index (χ4v) is 3.55. The van der Waals surface area contributed by atoms with Crippen LogP contribution in [-0.4, -0.2) is 29.4 Å². The summed E-state index contributed by atoms with van der Waals surface area (Å²) in [6.07, 6.45) is 2.57. The predicted molar refractivity (Wildman–Crippen MR) is 110 cm³/mol. The maximum Gasteiger partial charge on any atom is 0.330 e. The van der Waals surface area contributed by atoms with E-state index in [0.717, 1.165) is 24.0 Å². The van der Waals surface area contributed by atoms with Gasteiger partial charge in [-0.15, -0.1) is 5.06 Å². The molecule has 0 radical (unpaired) electrons. The van der Waals surface area contributed by atoms with E-state index in [0.29, 0.717) is 13.0 Å². The molecule has 0 bridgehead atoms. The fourth-order valence-electron chi connectivity index (χ4n) is 3.55. The van der Waals surface area contributed by atoms with Gasteiger partial charge in [-0.3, -0.25) is 4.79 Å². The Labute approximate surface area is 167 Å². The van der Waals surface area contributed by atoms with Gasteiger partial charge >= 0.3 is 5.97 Å². The van der Waals surface area contributed by atoms with Crippen LogP contribution in [0.2, 0.25) is 0 Å². The fraction of sp³-hybridized carbons (Fsp3) is 0.417. The number of piperidine rings is 1. The van der Waals surface area contributed by atoms with E-state index in [1.54, 1.807) is 5.06 Å². The minimum absolute atomic E-state index is 0.0822. The molecule has 0 amide bonds. The normalized spacial score (nSPS) is 18.1. The summed E-state index contributed by atoms with van der Waals surface area (Å²) in [5, 5.41) is 1.62. The van der Waals surface area contributed by atoms with Gasteiger partial charge in [0.2, 0.25) is 0 Å². The highest BCUT2D eigenvalue weighted by atomic mass is 16.7. The largest absolute Gasteiger partial charge is 0.367 e. The SMILES string of the molecule is CC(C)(C)C(=O)ON1CCCCC1C(=O)C(c1ccccc1)c1ccccc1. The molecule has 0 aliphatic carbocycles. The van der Waals surface area contributed by atoms with Crippen LogP contribution in [0.25, 0.3) is 0 Å². The van der Waals surface area contributed by atoms with Crippen LogP contribution in [0.3, 0.4) is 0 Å². The lowest BCUT2D eigenvalue weighted by atomic mass is 9.82. The van der Waals surface area contributed by atoms with Crippen LogP contribution < -0.4 is 0 Å². The number of nitrogens with zero attached hydrogens (tertiary/aromatic N) is 1. The van der Waals surface area contributed by atoms with Gasteiger partial charge in [-0.05, 0) is 51.2 Å². The van der Waals surface area contributed by atoms with Crippen LogP contribution in [0.15, 0.2) is 60.7 Å². The van der Waals surface area contributed by atoms with Crippen molar-refractivity contribution in [1.82, 2.24) is 5.06 Å². The van der Waals surface area contributed by atoms with Gasteiger partial charge in [0.1, 0.15) is 6.04 Å². The third-order valence-electron chi connectivity index (χ3n) is 5.14. The van der Waals surface area contributed by atoms with Crippen molar-refractivity contribution in [3.8, 4) is 0 Å². The lowest BCUT2D eigenvalue weighted by Crippen LogP contribution is -2.48. The lowest BCUT2D eigenvalue weighted by Gasteiger charge is -2.36. The van der Waals surface area contributed by atoms with Crippen LogP contribution in [0.4, 0.5) is 0 Å². The Morgan fingerprint density at radius 2 is 1.46 bits per heavy atom. The number of ketones is 1. The van der Waals surface area contributed by atoms with Gasteiger partial charge < -0.3 is 4.84 Å². The molecule has 3 rings (SSSR count). The Morgan fingerprint density at radius 3 is 1.96 bits per heavy atom. The zero-order valence-corrected chi connectivity index (χ0v) is 16.9. The van der Waals surface area contributed by atoms with Crippen molar-refractivity contribution < 1.29 is 14.4 Å². The van der Waals surface area contributed by atoms with E-state index in [4.69, 9.17) is 4.84 Å². The molecular formula is C24H29NO3. The molecule has 1 atom stereocenters. The molecule has 0 aromatic heterocycles.